The summed E-state index contributed by atoms with van der Waals surface area (Å²) in [4.78, 5) is 26.4. The van der Waals surface area contributed by atoms with Crippen molar-refractivity contribution in [2.75, 3.05) is 27.3 Å². The molecule has 1 saturated heterocycles. The lowest BCUT2D eigenvalue weighted by molar-refractivity contribution is -0.138. The van der Waals surface area contributed by atoms with Crippen LogP contribution in [0.15, 0.2) is 47.4 Å². The van der Waals surface area contributed by atoms with E-state index in [9.17, 15) is 18.0 Å². The number of amides is 2. The van der Waals surface area contributed by atoms with Crippen molar-refractivity contribution < 1.29 is 27.5 Å². The molecule has 2 amide bonds. The largest absolute Gasteiger partial charge is 0.493 e. The van der Waals surface area contributed by atoms with Crippen LogP contribution in [0.25, 0.3) is 0 Å². The molecule has 0 radical (unpaired) electrons. The van der Waals surface area contributed by atoms with Crippen LogP contribution in [-0.4, -0.2) is 58.5 Å². The molecule has 0 spiro atoms. The Balaban J connectivity index is 1.51. The summed E-state index contributed by atoms with van der Waals surface area (Å²) in [6, 6.07) is 11.2. The van der Waals surface area contributed by atoms with Gasteiger partial charge in [-0.3, -0.25) is 14.5 Å². The van der Waals surface area contributed by atoms with Crippen molar-refractivity contribution in [2.45, 2.75) is 30.2 Å². The highest BCUT2D eigenvalue weighted by Crippen LogP contribution is 2.28. The average molecular weight is 462 g/mol. The Bertz CT molecular complexity index is 1090. The first-order valence-corrected chi connectivity index (χ1v) is 11.7. The van der Waals surface area contributed by atoms with E-state index in [4.69, 9.17) is 14.6 Å². The summed E-state index contributed by atoms with van der Waals surface area (Å²) in [6.45, 7) is 0.766. The van der Waals surface area contributed by atoms with Crippen LogP contribution in [0, 0.1) is 0 Å². The van der Waals surface area contributed by atoms with Crippen molar-refractivity contribution in [3.8, 4) is 11.5 Å². The molecule has 0 aliphatic carbocycles. The predicted octanol–water partition coefficient (Wildman–Crippen LogP) is 0.854. The number of hydrogen-bond donors (Lipinski definition) is 2. The van der Waals surface area contributed by atoms with Gasteiger partial charge in [0.25, 0.3) is 0 Å². The quantitative estimate of drug-likeness (QED) is 0.502. The Morgan fingerprint density at radius 1 is 1.00 bits per heavy atom. The number of nitrogens with one attached hydrogen (secondary N) is 1. The third-order valence-electron chi connectivity index (χ3n) is 5.37. The van der Waals surface area contributed by atoms with Crippen molar-refractivity contribution in [2.24, 2.45) is 5.14 Å². The van der Waals surface area contributed by atoms with Crippen LogP contribution in [0.1, 0.15) is 17.5 Å². The molecule has 1 atom stereocenters. The first-order chi connectivity index (χ1) is 15.2. The van der Waals surface area contributed by atoms with Gasteiger partial charge in [0.1, 0.15) is 0 Å². The van der Waals surface area contributed by atoms with Gasteiger partial charge in [-0.25, -0.2) is 13.6 Å². The van der Waals surface area contributed by atoms with Crippen LogP contribution < -0.4 is 19.9 Å². The van der Waals surface area contributed by atoms with E-state index in [1.807, 2.05) is 12.1 Å². The standard InChI is InChI=1S/C22H27N3O6S/c1-30-19-8-5-16(13-20(19)31-2)10-12-25-21(26)14-18(22(25)27)24-11-9-15-3-6-17(7-4-15)32(23,28)29/h3-8,13,18,24H,9-12,14H2,1-2H3,(H2,23,28,29)/t18-/m0/s1. The van der Waals surface area contributed by atoms with E-state index in [0.717, 1.165) is 11.1 Å². The molecule has 1 heterocycles. The van der Waals surface area contributed by atoms with Crippen molar-refractivity contribution in [3.05, 3.63) is 53.6 Å². The number of carbonyl (C=O) groups excluding carboxylic acids is 2. The number of hydrogen-bond acceptors (Lipinski definition) is 7. The molecule has 10 heteroatoms. The number of nitrogens with zero attached hydrogens (tertiary/aromatic N) is 1. The molecule has 0 aromatic heterocycles. The number of imide groups is 1. The number of methoxy groups -OCH3 is 2. The first kappa shape index (κ1) is 23.7. The van der Waals surface area contributed by atoms with Gasteiger partial charge in [-0.2, -0.15) is 0 Å². The van der Waals surface area contributed by atoms with E-state index in [1.165, 1.54) is 17.0 Å². The molecule has 0 unspecified atom stereocenters. The monoisotopic (exact) mass is 461 g/mol. The summed E-state index contributed by atoms with van der Waals surface area (Å²) in [5.41, 5.74) is 1.83. The van der Waals surface area contributed by atoms with Crippen LogP contribution in [0.5, 0.6) is 11.5 Å². The van der Waals surface area contributed by atoms with Gasteiger partial charge in [0, 0.05) is 6.54 Å². The molecule has 1 aliphatic heterocycles. The number of carbonyl (C=O) groups is 2. The molecule has 0 bridgehead atoms. The molecule has 2 aromatic carbocycles. The molecule has 3 N–H and O–H groups in total. The maximum absolute atomic E-state index is 12.7. The summed E-state index contributed by atoms with van der Waals surface area (Å²) < 4.78 is 33.1. The molecule has 9 nitrogen and oxygen atoms in total. The molecule has 2 aromatic rings. The Labute approximate surface area is 187 Å². The van der Waals surface area contributed by atoms with E-state index < -0.39 is 16.1 Å². The second-order valence-corrected chi connectivity index (χ2v) is 9.03. The molecule has 32 heavy (non-hydrogen) atoms. The van der Waals surface area contributed by atoms with E-state index in [1.54, 1.807) is 32.4 Å². The summed E-state index contributed by atoms with van der Waals surface area (Å²) >= 11 is 0. The zero-order valence-corrected chi connectivity index (χ0v) is 18.9. The molecule has 0 saturated carbocycles. The minimum absolute atomic E-state index is 0.0518. The maximum atomic E-state index is 12.7. The highest BCUT2D eigenvalue weighted by molar-refractivity contribution is 7.89. The number of ether oxygens (including phenoxy) is 2. The summed E-state index contributed by atoms with van der Waals surface area (Å²) in [6.07, 6.45) is 1.21. The van der Waals surface area contributed by atoms with Crippen molar-refractivity contribution >= 4 is 21.8 Å². The SMILES string of the molecule is COc1ccc(CCN2C(=O)C[C@H](NCCc3ccc(S(N)(=O)=O)cc3)C2=O)cc1OC. The summed E-state index contributed by atoms with van der Waals surface area (Å²) in [5, 5.41) is 8.22. The molecule has 1 fully saturated rings. The van der Waals surface area contributed by atoms with Crippen molar-refractivity contribution in [3.63, 3.8) is 0 Å². The second-order valence-electron chi connectivity index (χ2n) is 7.47. The average Bonchev–Trinajstić information content (AvgIpc) is 3.04. The Kier molecular flexibility index (Phi) is 7.49. The van der Waals surface area contributed by atoms with Gasteiger partial charge in [-0.05, 0) is 54.8 Å². The Morgan fingerprint density at radius 3 is 2.28 bits per heavy atom. The zero-order chi connectivity index (χ0) is 23.3. The minimum atomic E-state index is -3.72. The number of likely N-dealkylation sites (tertiary alicyclic amines) is 1. The van der Waals surface area contributed by atoms with Crippen LogP contribution in [0.3, 0.4) is 0 Å². The van der Waals surface area contributed by atoms with Crippen molar-refractivity contribution in [1.29, 1.82) is 0 Å². The lowest BCUT2D eigenvalue weighted by atomic mass is 10.1. The van der Waals surface area contributed by atoms with Gasteiger partial charge in [-0.15, -0.1) is 0 Å². The van der Waals surface area contributed by atoms with Crippen LogP contribution >= 0.6 is 0 Å². The summed E-state index contributed by atoms with van der Waals surface area (Å²) in [5.74, 6) is 0.777. The summed E-state index contributed by atoms with van der Waals surface area (Å²) in [7, 11) is -0.606. The minimum Gasteiger partial charge on any atom is -0.493 e. The fourth-order valence-electron chi connectivity index (χ4n) is 3.59. The lowest BCUT2D eigenvalue weighted by Crippen LogP contribution is -2.40. The van der Waals surface area contributed by atoms with E-state index in [-0.39, 0.29) is 23.1 Å². The number of primary sulfonamides is 1. The highest BCUT2D eigenvalue weighted by atomic mass is 32.2. The van der Waals surface area contributed by atoms with Crippen molar-refractivity contribution in [1.82, 2.24) is 10.2 Å². The third-order valence-corrected chi connectivity index (χ3v) is 6.30. The number of rotatable bonds is 10. The lowest BCUT2D eigenvalue weighted by Gasteiger charge is -2.16. The number of benzene rings is 2. The van der Waals surface area contributed by atoms with Gasteiger partial charge >= 0.3 is 0 Å². The highest BCUT2D eigenvalue weighted by Gasteiger charge is 2.37. The Morgan fingerprint density at radius 2 is 1.66 bits per heavy atom. The normalized spacial score (nSPS) is 16.5. The fraction of sp³-hybridized carbons (Fsp3) is 0.364. The second kappa shape index (κ2) is 10.1. The van der Waals surface area contributed by atoms with E-state index in [0.29, 0.717) is 37.4 Å². The Hall–Kier alpha value is -2.95. The van der Waals surface area contributed by atoms with E-state index >= 15 is 0 Å². The zero-order valence-electron chi connectivity index (χ0n) is 18.0. The van der Waals surface area contributed by atoms with Gasteiger partial charge in [-0.1, -0.05) is 18.2 Å². The molecule has 1 aliphatic rings. The third kappa shape index (κ3) is 5.64. The maximum Gasteiger partial charge on any atom is 0.246 e. The smallest absolute Gasteiger partial charge is 0.246 e. The molecular weight excluding hydrogens is 434 g/mol. The topological polar surface area (TPSA) is 128 Å². The van der Waals surface area contributed by atoms with E-state index in [2.05, 4.69) is 5.32 Å². The molecule has 172 valence electrons. The van der Waals surface area contributed by atoms with Crippen LogP contribution in [0.4, 0.5) is 0 Å². The first-order valence-electron chi connectivity index (χ1n) is 10.1. The predicted molar refractivity (Wildman–Crippen MR) is 118 cm³/mol. The number of nitrogens with two attached hydrogens (primary N) is 1. The van der Waals surface area contributed by atoms with Gasteiger partial charge in [0.15, 0.2) is 11.5 Å². The molecule has 3 rings (SSSR count). The van der Waals surface area contributed by atoms with Gasteiger partial charge < -0.3 is 14.8 Å². The van der Waals surface area contributed by atoms with Crippen LogP contribution in [-0.2, 0) is 32.5 Å². The fourth-order valence-corrected chi connectivity index (χ4v) is 4.11. The van der Waals surface area contributed by atoms with Gasteiger partial charge in [0.05, 0.1) is 31.6 Å². The number of sulfonamides is 1. The van der Waals surface area contributed by atoms with Gasteiger partial charge in [0.2, 0.25) is 21.8 Å². The molecular formula is C22H27N3O6S. The van der Waals surface area contributed by atoms with Crippen LogP contribution in [0.2, 0.25) is 0 Å².